The minimum absolute atomic E-state index is 0.827. The number of alkyl halides is 10. The maximum absolute atomic E-state index is 12.6. The second-order valence-corrected chi connectivity index (χ2v) is 6.98. The molecule has 0 aromatic rings. The highest BCUT2D eigenvalue weighted by Gasteiger charge is 2.58. The summed E-state index contributed by atoms with van der Waals surface area (Å²) in [5, 5.41) is 5.91. The molecule has 3 nitrogen and oxygen atoms in total. The lowest BCUT2D eigenvalue weighted by atomic mass is 10.1. The van der Waals surface area contributed by atoms with E-state index < -0.39 is 64.3 Å². The van der Waals surface area contributed by atoms with Crippen molar-refractivity contribution in [1.29, 1.82) is 5.26 Å². The van der Waals surface area contributed by atoms with Crippen LogP contribution in [0.15, 0.2) is 0 Å². The first-order valence-electron chi connectivity index (χ1n) is 5.88. The van der Waals surface area contributed by atoms with E-state index in [2.05, 4.69) is 0 Å². The second kappa shape index (κ2) is 6.93. The molecule has 0 fully saturated rings. The highest BCUT2D eigenvalue weighted by Crippen LogP contribution is 2.40. The van der Waals surface area contributed by atoms with Gasteiger partial charge in [0.05, 0.1) is 11.8 Å². The third-order valence-electron chi connectivity index (χ3n) is 2.83. The zero-order chi connectivity index (χ0) is 19.6. The quantitative estimate of drug-likeness (QED) is 0.613. The Morgan fingerprint density at radius 1 is 0.792 bits per heavy atom. The van der Waals surface area contributed by atoms with Crippen LogP contribution < -0.4 is 0 Å². The lowest BCUT2D eigenvalue weighted by molar-refractivity contribution is -0.284. The highest BCUT2D eigenvalue weighted by atomic mass is 32.2. The molecule has 0 spiro atoms. The third kappa shape index (κ3) is 5.67. The molecule has 1 unspecified atom stereocenters. The standard InChI is InChI=1S/C10H9F10NO2S/c11-7(12,9(15,16)17)2-1-6(5-21)24(22,23)4-3-8(13,14)10(18,19)20/h6H,1-4H2. The zero-order valence-electron chi connectivity index (χ0n) is 11.4. The van der Waals surface area contributed by atoms with Crippen LogP contribution in [0.25, 0.3) is 0 Å². The van der Waals surface area contributed by atoms with Crippen molar-refractivity contribution in [3.05, 3.63) is 0 Å². The van der Waals surface area contributed by atoms with Crippen LogP contribution in [0, 0.1) is 11.3 Å². The van der Waals surface area contributed by atoms with Gasteiger partial charge in [0.1, 0.15) is 5.25 Å². The number of rotatable bonds is 7. The summed E-state index contributed by atoms with van der Waals surface area (Å²) >= 11 is 0. The molecule has 0 N–H and O–H groups in total. The fraction of sp³-hybridized carbons (Fsp3) is 0.900. The normalized spacial score (nSPS) is 15.9. The summed E-state index contributed by atoms with van der Waals surface area (Å²) in [4.78, 5) is 0. The number of nitriles is 1. The molecule has 0 aromatic heterocycles. The zero-order valence-corrected chi connectivity index (χ0v) is 12.2. The molecule has 142 valence electrons. The lowest BCUT2D eigenvalue weighted by Gasteiger charge is -2.22. The molecule has 24 heavy (non-hydrogen) atoms. The van der Waals surface area contributed by atoms with Crippen LogP contribution in [0.3, 0.4) is 0 Å². The van der Waals surface area contributed by atoms with Crippen molar-refractivity contribution in [1.82, 2.24) is 0 Å². The van der Waals surface area contributed by atoms with E-state index in [4.69, 9.17) is 5.26 Å². The Bertz CT molecular complexity index is 572. The summed E-state index contributed by atoms with van der Waals surface area (Å²) in [6, 6.07) is 0.827. The molecule has 0 radical (unpaired) electrons. The van der Waals surface area contributed by atoms with Crippen LogP contribution in [0.1, 0.15) is 19.3 Å². The van der Waals surface area contributed by atoms with E-state index >= 15 is 0 Å². The number of nitrogens with zero attached hydrogens (tertiary/aromatic N) is 1. The molecule has 0 amide bonds. The fourth-order valence-electron chi connectivity index (χ4n) is 1.33. The lowest BCUT2D eigenvalue weighted by Crippen LogP contribution is -2.40. The number of hydrogen-bond donors (Lipinski definition) is 0. The van der Waals surface area contributed by atoms with Crippen LogP contribution in [-0.4, -0.2) is 43.6 Å². The van der Waals surface area contributed by atoms with Crippen molar-refractivity contribution in [2.24, 2.45) is 0 Å². The SMILES string of the molecule is N#CC(CCC(F)(F)C(F)(F)F)S(=O)(=O)CCC(F)(F)C(F)(F)F. The van der Waals surface area contributed by atoms with Crippen LogP contribution in [0.2, 0.25) is 0 Å². The molecule has 14 heteroatoms. The molecular weight excluding hydrogens is 388 g/mol. The smallest absolute Gasteiger partial charge is 0.227 e. The van der Waals surface area contributed by atoms with Crippen LogP contribution in [0.5, 0.6) is 0 Å². The van der Waals surface area contributed by atoms with Crippen molar-refractivity contribution >= 4 is 9.84 Å². The van der Waals surface area contributed by atoms with E-state index in [1.165, 1.54) is 0 Å². The molecule has 0 aliphatic heterocycles. The second-order valence-electron chi connectivity index (χ2n) is 4.68. The van der Waals surface area contributed by atoms with Gasteiger partial charge in [-0.1, -0.05) is 0 Å². The molecule has 0 heterocycles. The van der Waals surface area contributed by atoms with Gasteiger partial charge in [0.25, 0.3) is 0 Å². The summed E-state index contributed by atoms with van der Waals surface area (Å²) in [5.41, 5.74) is 0. The number of hydrogen-bond acceptors (Lipinski definition) is 3. The maximum atomic E-state index is 12.6. The average Bonchev–Trinajstić information content (AvgIpc) is 2.34. The summed E-state index contributed by atoms with van der Waals surface area (Å²) in [6.45, 7) is 0. The summed E-state index contributed by atoms with van der Waals surface area (Å²) in [7, 11) is -5.08. The molecular formula is C10H9F10NO2S. The number of sulfone groups is 1. The van der Waals surface area contributed by atoms with Crippen molar-refractivity contribution < 1.29 is 52.3 Å². The van der Waals surface area contributed by atoms with Gasteiger partial charge in [0.15, 0.2) is 9.84 Å². The highest BCUT2D eigenvalue weighted by molar-refractivity contribution is 7.92. The maximum Gasteiger partial charge on any atom is 0.453 e. The number of halogens is 10. The Kier molecular flexibility index (Phi) is 6.56. The fourth-order valence-corrected chi connectivity index (χ4v) is 2.80. The van der Waals surface area contributed by atoms with Gasteiger partial charge < -0.3 is 0 Å². The van der Waals surface area contributed by atoms with Crippen LogP contribution >= 0.6 is 0 Å². The van der Waals surface area contributed by atoms with Crippen LogP contribution in [-0.2, 0) is 9.84 Å². The largest absolute Gasteiger partial charge is 0.453 e. The first-order chi connectivity index (χ1) is 10.4. The predicted molar refractivity (Wildman–Crippen MR) is 59.0 cm³/mol. The molecule has 0 bridgehead atoms. The van der Waals surface area contributed by atoms with Gasteiger partial charge in [-0.05, 0) is 6.42 Å². The van der Waals surface area contributed by atoms with Gasteiger partial charge >= 0.3 is 24.2 Å². The molecule has 0 saturated carbocycles. The summed E-state index contributed by atoms with van der Waals surface area (Å²) < 4.78 is 145. The molecule has 0 aliphatic rings. The van der Waals surface area contributed by atoms with E-state index in [0.29, 0.717) is 0 Å². The van der Waals surface area contributed by atoms with Gasteiger partial charge in [0, 0.05) is 12.8 Å². The van der Waals surface area contributed by atoms with E-state index in [-0.39, 0.29) is 0 Å². The van der Waals surface area contributed by atoms with Gasteiger partial charge in [-0.15, -0.1) is 0 Å². The average molecular weight is 397 g/mol. The summed E-state index contributed by atoms with van der Waals surface area (Å²) in [6.07, 6.45) is -18.1. The van der Waals surface area contributed by atoms with E-state index in [1.54, 1.807) is 0 Å². The Balaban J connectivity index is 5.04. The predicted octanol–water partition coefficient (Wildman–Crippen LogP) is 3.86. The van der Waals surface area contributed by atoms with Crippen molar-refractivity contribution in [3.63, 3.8) is 0 Å². The van der Waals surface area contributed by atoms with Crippen molar-refractivity contribution in [2.75, 3.05) is 5.75 Å². The molecule has 0 aromatic carbocycles. The van der Waals surface area contributed by atoms with E-state index in [0.717, 1.165) is 6.07 Å². The summed E-state index contributed by atoms with van der Waals surface area (Å²) in [5.74, 6) is -12.7. The molecule has 0 rings (SSSR count). The van der Waals surface area contributed by atoms with Gasteiger partial charge in [0.2, 0.25) is 0 Å². The van der Waals surface area contributed by atoms with E-state index in [9.17, 15) is 52.3 Å². The van der Waals surface area contributed by atoms with Crippen LogP contribution in [0.4, 0.5) is 43.9 Å². The topological polar surface area (TPSA) is 57.9 Å². The van der Waals surface area contributed by atoms with Gasteiger partial charge in [-0.25, -0.2) is 8.42 Å². The first kappa shape index (κ1) is 22.7. The van der Waals surface area contributed by atoms with Crippen molar-refractivity contribution in [2.45, 2.75) is 48.7 Å². The van der Waals surface area contributed by atoms with Gasteiger partial charge in [-0.2, -0.15) is 49.2 Å². The molecule has 0 saturated heterocycles. The Hall–Kier alpha value is -1.26. The monoisotopic (exact) mass is 397 g/mol. The first-order valence-corrected chi connectivity index (χ1v) is 7.59. The molecule has 1 atom stereocenters. The van der Waals surface area contributed by atoms with Crippen molar-refractivity contribution in [3.8, 4) is 6.07 Å². The van der Waals surface area contributed by atoms with E-state index in [1.807, 2.05) is 0 Å². The minimum Gasteiger partial charge on any atom is -0.227 e. The molecule has 0 aliphatic carbocycles. The minimum atomic E-state index is -6.08. The Morgan fingerprint density at radius 3 is 1.50 bits per heavy atom. The van der Waals surface area contributed by atoms with Gasteiger partial charge in [-0.3, -0.25) is 0 Å². The Labute approximate surface area is 129 Å². The Morgan fingerprint density at radius 2 is 1.17 bits per heavy atom. The third-order valence-corrected chi connectivity index (χ3v) is 4.81.